The molecule has 21 heavy (non-hydrogen) atoms. The molecule has 2 N–H and O–H groups in total. The maximum atomic E-state index is 12.1. The molecular formula is C16H29ClN2O2. The molecule has 0 radical (unpaired) electrons. The summed E-state index contributed by atoms with van der Waals surface area (Å²) in [5.41, 5.74) is 0.357. The topological polar surface area (TPSA) is 50.4 Å². The Balaban J connectivity index is 0.00000161. The first kappa shape index (κ1) is 17.0. The minimum Gasteiger partial charge on any atom is -0.378 e. The molecule has 1 unspecified atom stereocenters. The number of piperidine rings is 1. The van der Waals surface area contributed by atoms with Crippen molar-refractivity contribution in [3.05, 3.63) is 0 Å². The monoisotopic (exact) mass is 316 g/mol. The van der Waals surface area contributed by atoms with Gasteiger partial charge in [0, 0.05) is 19.1 Å². The Labute approximate surface area is 134 Å². The summed E-state index contributed by atoms with van der Waals surface area (Å²) in [5.74, 6) is 0.577. The van der Waals surface area contributed by atoms with Gasteiger partial charge in [-0.1, -0.05) is 12.8 Å². The van der Waals surface area contributed by atoms with E-state index < -0.39 is 0 Å². The van der Waals surface area contributed by atoms with Crippen LogP contribution in [-0.4, -0.2) is 38.3 Å². The maximum Gasteiger partial charge on any atom is 0.223 e. The molecule has 1 aliphatic heterocycles. The fraction of sp³-hybridized carbons (Fsp3) is 0.938. The molecule has 0 bridgehead atoms. The Morgan fingerprint density at radius 1 is 1.24 bits per heavy atom. The highest BCUT2D eigenvalue weighted by Gasteiger charge is 2.57. The van der Waals surface area contributed by atoms with Crippen molar-refractivity contribution in [3.8, 4) is 0 Å². The zero-order chi connectivity index (χ0) is 13.8. The maximum absolute atomic E-state index is 12.1. The Morgan fingerprint density at radius 2 is 1.95 bits per heavy atom. The smallest absolute Gasteiger partial charge is 0.223 e. The lowest BCUT2D eigenvalue weighted by Gasteiger charge is -2.23. The number of amides is 1. The molecule has 1 saturated heterocycles. The van der Waals surface area contributed by atoms with Crippen molar-refractivity contribution in [2.75, 3.05) is 26.2 Å². The second-order valence-electron chi connectivity index (χ2n) is 6.79. The van der Waals surface area contributed by atoms with Crippen LogP contribution in [0.25, 0.3) is 0 Å². The third-order valence-corrected chi connectivity index (χ3v) is 5.38. The predicted octanol–water partition coefficient (Wildman–Crippen LogP) is 2.26. The molecule has 1 heterocycles. The largest absolute Gasteiger partial charge is 0.378 e. The number of hydrogen-bond acceptors (Lipinski definition) is 3. The molecule has 1 spiro atoms. The van der Waals surface area contributed by atoms with Crippen molar-refractivity contribution in [2.24, 2.45) is 11.3 Å². The zero-order valence-corrected chi connectivity index (χ0v) is 13.7. The van der Waals surface area contributed by atoms with E-state index in [-0.39, 0.29) is 18.3 Å². The third kappa shape index (κ3) is 4.33. The van der Waals surface area contributed by atoms with Crippen molar-refractivity contribution < 1.29 is 9.53 Å². The lowest BCUT2D eigenvalue weighted by molar-refractivity contribution is -0.123. The van der Waals surface area contributed by atoms with Gasteiger partial charge in [0.15, 0.2) is 0 Å². The third-order valence-electron chi connectivity index (χ3n) is 5.38. The first-order valence-electron chi connectivity index (χ1n) is 8.40. The number of ether oxygens (including phenoxy) is 1. The molecule has 3 aliphatic rings. The fourth-order valence-corrected chi connectivity index (χ4v) is 3.91. The molecule has 1 amide bonds. The normalized spacial score (nSPS) is 27.3. The van der Waals surface area contributed by atoms with Crippen molar-refractivity contribution in [3.63, 3.8) is 0 Å². The van der Waals surface area contributed by atoms with Crippen LogP contribution in [0.1, 0.15) is 51.4 Å². The minimum absolute atomic E-state index is 0. The zero-order valence-electron chi connectivity index (χ0n) is 12.9. The van der Waals surface area contributed by atoms with Gasteiger partial charge in [0.25, 0.3) is 0 Å². The SMILES string of the molecule is Cl.O=C(NCCCOC1CCCC1)C1CC12CCNCC2. The van der Waals surface area contributed by atoms with E-state index in [0.29, 0.717) is 17.4 Å². The molecule has 1 atom stereocenters. The van der Waals surface area contributed by atoms with Crippen LogP contribution in [0.3, 0.4) is 0 Å². The number of nitrogens with one attached hydrogen (secondary N) is 2. The minimum atomic E-state index is 0. The number of rotatable bonds is 6. The van der Waals surface area contributed by atoms with Gasteiger partial charge in [-0.2, -0.15) is 0 Å². The van der Waals surface area contributed by atoms with E-state index in [1.165, 1.54) is 38.5 Å². The Kier molecular flexibility index (Phi) is 6.33. The van der Waals surface area contributed by atoms with Crippen LogP contribution in [0, 0.1) is 11.3 Å². The van der Waals surface area contributed by atoms with Crippen LogP contribution in [0.2, 0.25) is 0 Å². The van der Waals surface area contributed by atoms with Gasteiger partial charge < -0.3 is 15.4 Å². The predicted molar refractivity (Wildman–Crippen MR) is 85.7 cm³/mol. The van der Waals surface area contributed by atoms with Gasteiger partial charge in [-0.15, -0.1) is 12.4 Å². The quantitative estimate of drug-likeness (QED) is 0.739. The number of halogens is 1. The lowest BCUT2D eigenvalue weighted by atomic mass is 9.92. The fourth-order valence-electron chi connectivity index (χ4n) is 3.91. The average Bonchev–Trinajstić information content (AvgIpc) is 2.92. The molecule has 4 nitrogen and oxygen atoms in total. The Bertz CT molecular complexity index is 339. The second-order valence-corrected chi connectivity index (χ2v) is 6.79. The van der Waals surface area contributed by atoms with Gasteiger partial charge >= 0.3 is 0 Å². The number of carbonyl (C=O) groups excluding carboxylic acids is 1. The van der Waals surface area contributed by atoms with Crippen LogP contribution >= 0.6 is 12.4 Å². The summed E-state index contributed by atoms with van der Waals surface area (Å²) in [7, 11) is 0. The highest BCUT2D eigenvalue weighted by Crippen LogP contribution is 2.58. The van der Waals surface area contributed by atoms with Gasteiger partial charge in [0.1, 0.15) is 0 Å². The van der Waals surface area contributed by atoms with Crippen molar-refractivity contribution in [1.82, 2.24) is 10.6 Å². The van der Waals surface area contributed by atoms with Crippen LogP contribution in [-0.2, 0) is 9.53 Å². The lowest BCUT2D eigenvalue weighted by Crippen LogP contribution is -2.34. The van der Waals surface area contributed by atoms with Crippen molar-refractivity contribution >= 4 is 18.3 Å². The highest BCUT2D eigenvalue weighted by atomic mass is 35.5. The molecule has 0 aromatic heterocycles. The summed E-state index contributed by atoms with van der Waals surface area (Å²) in [6.07, 6.45) is 10.00. The first-order valence-corrected chi connectivity index (χ1v) is 8.40. The molecule has 0 aromatic carbocycles. The van der Waals surface area contributed by atoms with Gasteiger partial charge in [0.05, 0.1) is 6.10 Å². The molecule has 3 fully saturated rings. The van der Waals surface area contributed by atoms with E-state index in [1.807, 2.05) is 0 Å². The molecule has 2 aliphatic carbocycles. The Morgan fingerprint density at radius 3 is 2.67 bits per heavy atom. The molecule has 122 valence electrons. The van der Waals surface area contributed by atoms with Crippen molar-refractivity contribution in [1.29, 1.82) is 0 Å². The standard InChI is InChI=1S/C16H28N2O2.ClH/c19-15(14-12-16(14)6-9-17-10-7-16)18-8-3-11-20-13-4-1-2-5-13;/h13-14,17H,1-12H2,(H,18,19);1H. The summed E-state index contributed by atoms with van der Waals surface area (Å²) < 4.78 is 5.81. The summed E-state index contributed by atoms with van der Waals surface area (Å²) in [6, 6.07) is 0. The van der Waals surface area contributed by atoms with E-state index in [9.17, 15) is 4.79 Å². The number of carbonyl (C=O) groups is 1. The van der Waals surface area contributed by atoms with Crippen LogP contribution in [0.15, 0.2) is 0 Å². The summed E-state index contributed by atoms with van der Waals surface area (Å²) in [6.45, 7) is 3.74. The van der Waals surface area contributed by atoms with E-state index in [4.69, 9.17) is 4.74 Å². The second kappa shape index (κ2) is 7.80. The van der Waals surface area contributed by atoms with Gasteiger partial charge in [-0.3, -0.25) is 4.79 Å². The van der Waals surface area contributed by atoms with E-state index in [2.05, 4.69) is 10.6 Å². The molecular weight excluding hydrogens is 288 g/mol. The van der Waals surface area contributed by atoms with E-state index in [1.54, 1.807) is 0 Å². The molecule has 0 aromatic rings. The average molecular weight is 317 g/mol. The summed E-state index contributed by atoms with van der Waals surface area (Å²) >= 11 is 0. The van der Waals surface area contributed by atoms with Crippen LogP contribution < -0.4 is 10.6 Å². The highest BCUT2D eigenvalue weighted by molar-refractivity contribution is 5.85. The summed E-state index contributed by atoms with van der Waals surface area (Å²) in [5, 5.41) is 6.48. The molecule has 2 saturated carbocycles. The van der Waals surface area contributed by atoms with Crippen molar-refractivity contribution in [2.45, 2.75) is 57.5 Å². The van der Waals surface area contributed by atoms with Crippen LogP contribution in [0.4, 0.5) is 0 Å². The Hall–Kier alpha value is -0.320. The molecule has 5 heteroatoms. The van der Waals surface area contributed by atoms with E-state index >= 15 is 0 Å². The molecule has 3 rings (SSSR count). The van der Waals surface area contributed by atoms with Gasteiger partial charge in [-0.05, 0) is 57.0 Å². The van der Waals surface area contributed by atoms with E-state index in [0.717, 1.165) is 39.1 Å². The number of hydrogen-bond donors (Lipinski definition) is 2. The first-order chi connectivity index (χ1) is 9.80. The van der Waals surface area contributed by atoms with Crippen LogP contribution in [0.5, 0.6) is 0 Å². The summed E-state index contributed by atoms with van der Waals surface area (Å²) in [4.78, 5) is 12.1. The van der Waals surface area contributed by atoms with Gasteiger partial charge in [-0.25, -0.2) is 0 Å². The van der Waals surface area contributed by atoms with Gasteiger partial charge in [0.2, 0.25) is 5.91 Å².